The number of nitrogens with one attached hydrogen (secondary N) is 1. The first-order chi connectivity index (χ1) is 9.17. The lowest BCUT2D eigenvalue weighted by molar-refractivity contribution is 0.415. The van der Waals surface area contributed by atoms with E-state index >= 15 is 0 Å². The summed E-state index contributed by atoms with van der Waals surface area (Å²) in [5.41, 5.74) is 0.801. The van der Waals surface area contributed by atoms with Crippen LogP contribution in [0.15, 0.2) is 18.2 Å². The molecule has 1 N–H and O–H groups in total. The number of aromatic nitrogens is 4. The van der Waals surface area contributed by atoms with E-state index in [1.807, 2.05) is 19.9 Å². The summed E-state index contributed by atoms with van der Waals surface area (Å²) in [6, 6.07) is 5.49. The Bertz CT molecular complexity index is 557. The van der Waals surface area contributed by atoms with Crippen LogP contribution < -0.4 is 10.1 Å². The van der Waals surface area contributed by atoms with E-state index in [0.717, 1.165) is 18.1 Å². The molecule has 6 nitrogen and oxygen atoms in total. The largest absolute Gasteiger partial charge is 0.495 e. The zero-order chi connectivity index (χ0) is 13.8. The fraction of sp³-hybridized carbons (Fsp3) is 0.417. The van der Waals surface area contributed by atoms with Crippen LogP contribution in [0.2, 0.25) is 5.02 Å². The quantitative estimate of drug-likeness (QED) is 0.908. The molecule has 0 aliphatic carbocycles. The number of halogens is 1. The molecule has 0 bridgehead atoms. The third-order valence-corrected chi connectivity index (χ3v) is 3.07. The van der Waals surface area contributed by atoms with E-state index in [1.165, 1.54) is 0 Å². The predicted molar refractivity (Wildman–Crippen MR) is 72.8 cm³/mol. The van der Waals surface area contributed by atoms with Gasteiger partial charge in [-0.1, -0.05) is 18.5 Å². The minimum absolute atomic E-state index is 0.0564. The van der Waals surface area contributed by atoms with Gasteiger partial charge in [-0.15, -0.1) is 5.10 Å². The maximum absolute atomic E-state index is 6.12. The highest BCUT2D eigenvalue weighted by Gasteiger charge is 2.15. The molecule has 7 heteroatoms. The number of methoxy groups -OCH3 is 1. The molecule has 102 valence electrons. The molecular weight excluding hydrogens is 266 g/mol. The first-order valence-corrected chi connectivity index (χ1v) is 6.40. The Balaban J connectivity index is 2.37. The lowest BCUT2D eigenvalue weighted by atomic mass is 10.2. The Morgan fingerprint density at radius 3 is 2.89 bits per heavy atom. The van der Waals surface area contributed by atoms with Crippen LogP contribution in [-0.2, 0) is 0 Å². The third-order valence-electron chi connectivity index (χ3n) is 2.77. The summed E-state index contributed by atoms with van der Waals surface area (Å²) in [4.78, 5) is 0. The number of rotatable bonds is 5. The number of benzene rings is 1. The predicted octanol–water partition coefficient (Wildman–Crippen LogP) is 1.99. The van der Waals surface area contributed by atoms with Crippen molar-refractivity contribution in [2.45, 2.75) is 19.9 Å². The van der Waals surface area contributed by atoms with Gasteiger partial charge >= 0.3 is 0 Å². The number of hydrogen-bond donors (Lipinski definition) is 1. The van der Waals surface area contributed by atoms with Gasteiger partial charge in [0.2, 0.25) is 0 Å². The van der Waals surface area contributed by atoms with Crippen molar-refractivity contribution in [2.75, 3.05) is 13.7 Å². The van der Waals surface area contributed by atoms with Gasteiger partial charge in [-0.2, -0.15) is 4.68 Å². The van der Waals surface area contributed by atoms with Gasteiger partial charge < -0.3 is 10.1 Å². The van der Waals surface area contributed by atoms with Gasteiger partial charge in [0.15, 0.2) is 5.82 Å². The molecule has 19 heavy (non-hydrogen) atoms. The highest BCUT2D eigenvalue weighted by molar-refractivity contribution is 6.32. The fourth-order valence-corrected chi connectivity index (χ4v) is 2.08. The van der Waals surface area contributed by atoms with Crippen molar-refractivity contribution in [2.24, 2.45) is 0 Å². The molecule has 1 aromatic carbocycles. The lowest BCUT2D eigenvalue weighted by Gasteiger charge is -2.12. The molecule has 0 spiro atoms. The highest BCUT2D eigenvalue weighted by atomic mass is 35.5. The fourth-order valence-electron chi connectivity index (χ4n) is 1.83. The van der Waals surface area contributed by atoms with Crippen LogP contribution in [0.25, 0.3) is 5.69 Å². The number of hydrogen-bond acceptors (Lipinski definition) is 5. The summed E-state index contributed by atoms with van der Waals surface area (Å²) in [7, 11) is 1.58. The second-order valence-electron chi connectivity index (χ2n) is 4.05. The van der Waals surface area contributed by atoms with Gasteiger partial charge in [0.1, 0.15) is 5.75 Å². The molecule has 0 amide bonds. The minimum atomic E-state index is 0.0564. The van der Waals surface area contributed by atoms with E-state index in [2.05, 4.69) is 20.8 Å². The highest BCUT2D eigenvalue weighted by Crippen LogP contribution is 2.27. The second kappa shape index (κ2) is 5.99. The van der Waals surface area contributed by atoms with E-state index in [4.69, 9.17) is 16.3 Å². The van der Waals surface area contributed by atoms with Gasteiger partial charge in [-0.3, -0.25) is 0 Å². The van der Waals surface area contributed by atoms with E-state index in [-0.39, 0.29) is 6.04 Å². The van der Waals surface area contributed by atoms with Crippen LogP contribution in [0.5, 0.6) is 5.75 Å². The van der Waals surface area contributed by atoms with Gasteiger partial charge in [-0.05, 0) is 42.1 Å². The van der Waals surface area contributed by atoms with Crippen molar-refractivity contribution in [1.82, 2.24) is 25.5 Å². The molecule has 2 rings (SSSR count). The summed E-state index contributed by atoms with van der Waals surface area (Å²) in [6.45, 7) is 4.89. The van der Waals surface area contributed by atoms with Crippen LogP contribution in [0.3, 0.4) is 0 Å². The van der Waals surface area contributed by atoms with Crippen molar-refractivity contribution in [3.8, 4) is 11.4 Å². The van der Waals surface area contributed by atoms with E-state index in [9.17, 15) is 0 Å². The normalized spacial score (nSPS) is 12.4. The van der Waals surface area contributed by atoms with Gasteiger partial charge in [0.25, 0.3) is 0 Å². The number of tetrazole rings is 1. The number of ether oxygens (including phenoxy) is 1. The molecule has 0 aliphatic rings. The van der Waals surface area contributed by atoms with Crippen LogP contribution >= 0.6 is 11.6 Å². The monoisotopic (exact) mass is 281 g/mol. The molecule has 0 fully saturated rings. The van der Waals surface area contributed by atoms with E-state index in [0.29, 0.717) is 10.8 Å². The minimum Gasteiger partial charge on any atom is -0.495 e. The van der Waals surface area contributed by atoms with Crippen molar-refractivity contribution in [3.05, 3.63) is 29.0 Å². The lowest BCUT2D eigenvalue weighted by Crippen LogP contribution is -2.21. The van der Waals surface area contributed by atoms with E-state index < -0.39 is 0 Å². The summed E-state index contributed by atoms with van der Waals surface area (Å²) in [5.74, 6) is 1.36. The molecule has 0 saturated heterocycles. The molecule has 1 unspecified atom stereocenters. The molecular formula is C12H16ClN5O. The van der Waals surface area contributed by atoms with Gasteiger partial charge in [-0.25, -0.2) is 0 Å². The molecule has 1 atom stereocenters. The Kier molecular flexibility index (Phi) is 4.34. The molecule has 2 aromatic rings. The Morgan fingerprint density at radius 2 is 2.26 bits per heavy atom. The molecule has 1 aromatic heterocycles. The molecule has 0 saturated carbocycles. The SMILES string of the molecule is CCNC(C)c1nnnn1-c1ccc(OC)c(Cl)c1. The third kappa shape index (κ3) is 2.85. The van der Waals surface area contributed by atoms with Crippen LogP contribution in [-0.4, -0.2) is 33.9 Å². The van der Waals surface area contributed by atoms with Crippen LogP contribution in [0.4, 0.5) is 0 Å². The van der Waals surface area contributed by atoms with Crippen LogP contribution in [0, 0.1) is 0 Å². The zero-order valence-corrected chi connectivity index (χ0v) is 11.8. The topological polar surface area (TPSA) is 64.9 Å². The molecule has 0 radical (unpaired) electrons. The van der Waals surface area contributed by atoms with Crippen molar-refractivity contribution in [1.29, 1.82) is 0 Å². The molecule has 1 heterocycles. The van der Waals surface area contributed by atoms with Crippen molar-refractivity contribution < 1.29 is 4.74 Å². The maximum Gasteiger partial charge on any atom is 0.173 e. The standard InChI is InChI=1S/C12H16ClN5O/c1-4-14-8(2)12-15-16-17-18(12)9-5-6-11(19-3)10(13)7-9/h5-8,14H,4H2,1-3H3. The second-order valence-corrected chi connectivity index (χ2v) is 4.45. The smallest absolute Gasteiger partial charge is 0.173 e. The number of nitrogens with zero attached hydrogens (tertiary/aromatic N) is 4. The van der Waals surface area contributed by atoms with Crippen molar-refractivity contribution in [3.63, 3.8) is 0 Å². The average molecular weight is 282 g/mol. The van der Waals surface area contributed by atoms with E-state index in [1.54, 1.807) is 23.9 Å². The van der Waals surface area contributed by atoms with Crippen molar-refractivity contribution >= 4 is 11.6 Å². The van der Waals surface area contributed by atoms with Gasteiger partial charge in [0, 0.05) is 0 Å². The Hall–Kier alpha value is -1.66. The summed E-state index contributed by atoms with van der Waals surface area (Å²) in [6.07, 6.45) is 0. The van der Waals surface area contributed by atoms with Crippen LogP contribution in [0.1, 0.15) is 25.7 Å². The summed E-state index contributed by atoms with van der Waals surface area (Å²) < 4.78 is 6.79. The van der Waals surface area contributed by atoms with Gasteiger partial charge in [0.05, 0.1) is 23.9 Å². The first-order valence-electron chi connectivity index (χ1n) is 6.03. The summed E-state index contributed by atoms with van der Waals surface area (Å²) in [5, 5.41) is 15.6. The Morgan fingerprint density at radius 1 is 1.47 bits per heavy atom. The Labute approximate surface area is 116 Å². The first kappa shape index (κ1) is 13.8. The maximum atomic E-state index is 6.12. The molecule has 0 aliphatic heterocycles. The zero-order valence-electron chi connectivity index (χ0n) is 11.1. The average Bonchev–Trinajstić information content (AvgIpc) is 2.88. The summed E-state index contributed by atoms with van der Waals surface area (Å²) >= 11 is 6.12.